The topological polar surface area (TPSA) is 29.3 Å². The molecule has 2 atom stereocenters. The monoisotopic (exact) mass is 198 g/mol. The van der Waals surface area contributed by atoms with Crippen molar-refractivity contribution in [3.63, 3.8) is 0 Å². The lowest BCUT2D eigenvalue weighted by Gasteiger charge is -2.33. The van der Waals surface area contributed by atoms with Crippen molar-refractivity contribution in [3.05, 3.63) is 0 Å². The van der Waals surface area contributed by atoms with E-state index in [4.69, 9.17) is 5.73 Å². The Hall–Kier alpha value is -0.0800. The third kappa shape index (κ3) is 3.58. The average molecular weight is 198 g/mol. The predicted octanol–water partition coefficient (Wildman–Crippen LogP) is 2.09. The van der Waals surface area contributed by atoms with E-state index in [0.29, 0.717) is 12.0 Å². The Morgan fingerprint density at radius 1 is 1.36 bits per heavy atom. The molecule has 0 radical (unpaired) electrons. The van der Waals surface area contributed by atoms with Gasteiger partial charge < -0.3 is 10.6 Å². The molecule has 2 heteroatoms. The Bertz CT molecular complexity index is 150. The second-order valence-corrected chi connectivity index (χ2v) is 5.03. The first kappa shape index (κ1) is 12.0. The van der Waals surface area contributed by atoms with Crippen molar-refractivity contribution >= 4 is 0 Å². The summed E-state index contributed by atoms with van der Waals surface area (Å²) in [5, 5.41) is 0. The number of hydrogen-bond acceptors (Lipinski definition) is 2. The van der Waals surface area contributed by atoms with Crippen LogP contribution in [0.5, 0.6) is 0 Å². The summed E-state index contributed by atoms with van der Waals surface area (Å²) in [5.74, 6) is 1.58. The average Bonchev–Trinajstić information content (AvgIpc) is 2.20. The molecule has 2 N–H and O–H groups in total. The molecule has 2 nitrogen and oxygen atoms in total. The molecular weight excluding hydrogens is 172 g/mol. The number of likely N-dealkylation sites (tertiary alicyclic amines) is 1. The highest BCUT2D eigenvalue weighted by molar-refractivity contribution is 4.76. The van der Waals surface area contributed by atoms with Crippen molar-refractivity contribution in [1.29, 1.82) is 0 Å². The van der Waals surface area contributed by atoms with Crippen molar-refractivity contribution in [2.45, 2.75) is 46.1 Å². The minimum atomic E-state index is 0.369. The molecule has 84 valence electrons. The molecular formula is C12H26N2. The molecule has 14 heavy (non-hydrogen) atoms. The van der Waals surface area contributed by atoms with Gasteiger partial charge in [0.2, 0.25) is 0 Å². The zero-order valence-electron chi connectivity index (χ0n) is 10.00. The third-order valence-corrected chi connectivity index (χ3v) is 3.72. The van der Waals surface area contributed by atoms with Crippen LogP contribution < -0.4 is 5.73 Å². The first-order valence-electron chi connectivity index (χ1n) is 6.11. The second-order valence-electron chi connectivity index (χ2n) is 5.03. The quantitative estimate of drug-likeness (QED) is 0.749. The molecule has 1 aliphatic heterocycles. The zero-order valence-corrected chi connectivity index (χ0v) is 10.00. The molecule has 1 aliphatic rings. The van der Waals surface area contributed by atoms with Gasteiger partial charge in [0.1, 0.15) is 0 Å². The van der Waals surface area contributed by atoms with E-state index in [-0.39, 0.29) is 0 Å². The van der Waals surface area contributed by atoms with Crippen LogP contribution in [0, 0.1) is 11.8 Å². The van der Waals surface area contributed by atoms with Gasteiger partial charge >= 0.3 is 0 Å². The van der Waals surface area contributed by atoms with Crippen molar-refractivity contribution in [2.24, 2.45) is 17.6 Å². The lowest BCUT2D eigenvalue weighted by Crippen LogP contribution is -2.44. The fraction of sp³-hybridized carbons (Fsp3) is 1.00. The molecule has 1 saturated heterocycles. The fourth-order valence-electron chi connectivity index (χ4n) is 2.03. The Morgan fingerprint density at radius 2 is 1.93 bits per heavy atom. The van der Waals surface area contributed by atoms with Gasteiger partial charge in [0.15, 0.2) is 0 Å². The molecule has 1 unspecified atom stereocenters. The SMILES string of the molecule is CCC(C)[C@H](N)CN1CCC(C)CC1. The van der Waals surface area contributed by atoms with Crippen LogP contribution in [-0.4, -0.2) is 30.6 Å². The van der Waals surface area contributed by atoms with Gasteiger partial charge in [-0.05, 0) is 37.8 Å². The summed E-state index contributed by atoms with van der Waals surface area (Å²) in [6, 6.07) is 0.369. The van der Waals surface area contributed by atoms with Crippen LogP contribution in [0.15, 0.2) is 0 Å². The van der Waals surface area contributed by atoms with Gasteiger partial charge in [0.05, 0.1) is 0 Å². The predicted molar refractivity (Wildman–Crippen MR) is 62.3 cm³/mol. The Kier molecular flexibility index (Phi) is 4.90. The van der Waals surface area contributed by atoms with Gasteiger partial charge in [-0.25, -0.2) is 0 Å². The summed E-state index contributed by atoms with van der Waals surface area (Å²) >= 11 is 0. The summed E-state index contributed by atoms with van der Waals surface area (Å²) in [6.07, 6.45) is 3.91. The lowest BCUT2D eigenvalue weighted by atomic mass is 9.96. The first-order valence-corrected chi connectivity index (χ1v) is 6.11. The van der Waals surface area contributed by atoms with Crippen LogP contribution in [-0.2, 0) is 0 Å². The number of hydrogen-bond donors (Lipinski definition) is 1. The van der Waals surface area contributed by atoms with Crippen LogP contribution in [0.25, 0.3) is 0 Å². The number of piperidine rings is 1. The van der Waals surface area contributed by atoms with E-state index >= 15 is 0 Å². The molecule has 1 rings (SSSR count). The van der Waals surface area contributed by atoms with Crippen LogP contribution in [0.3, 0.4) is 0 Å². The maximum atomic E-state index is 6.15. The second kappa shape index (κ2) is 5.72. The van der Waals surface area contributed by atoms with Crippen molar-refractivity contribution in [2.75, 3.05) is 19.6 Å². The van der Waals surface area contributed by atoms with E-state index in [1.54, 1.807) is 0 Å². The standard InChI is InChI=1S/C12H26N2/c1-4-11(3)12(13)9-14-7-5-10(2)6-8-14/h10-12H,4-9,13H2,1-3H3/t11?,12-/m1/s1. The summed E-state index contributed by atoms with van der Waals surface area (Å²) in [7, 11) is 0. The minimum absolute atomic E-state index is 0.369. The summed E-state index contributed by atoms with van der Waals surface area (Å²) in [6.45, 7) is 10.4. The highest BCUT2D eigenvalue weighted by Crippen LogP contribution is 2.17. The number of rotatable bonds is 4. The molecule has 0 aromatic rings. The van der Waals surface area contributed by atoms with E-state index in [1.165, 1.54) is 32.4 Å². The molecule has 0 amide bonds. The molecule has 0 spiro atoms. The van der Waals surface area contributed by atoms with Gasteiger partial charge in [0.25, 0.3) is 0 Å². The first-order chi connectivity index (χ1) is 6.63. The summed E-state index contributed by atoms with van der Waals surface area (Å²) < 4.78 is 0. The van der Waals surface area contributed by atoms with E-state index in [2.05, 4.69) is 25.7 Å². The highest BCUT2D eigenvalue weighted by Gasteiger charge is 2.19. The van der Waals surface area contributed by atoms with Gasteiger partial charge in [-0.2, -0.15) is 0 Å². The molecule has 1 fully saturated rings. The summed E-state index contributed by atoms with van der Waals surface area (Å²) in [4.78, 5) is 2.54. The fourth-order valence-corrected chi connectivity index (χ4v) is 2.03. The van der Waals surface area contributed by atoms with Gasteiger partial charge in [0, 0.05) is 12.6 Å². The van der Waals surface area contributed by atoms with E-state index in [0.717, 1.165) is 12.5 Å². The van der Waals surface area contributed by atoms with Crippen LogP contribution in [0.2, 0.25) is 0 Å². The van der Waals surface area contributed by atoms with Crippen LogP contribution >= 0.6 is 0 Å². The highest BCUT2D eigenvalue weighted by atomic mass is 15.1. The zero-order chi connectivity index (χ0) is 10.6. The largest absolute Gasteiger partial charge is 0.326 e. The van der Waals surface area contributed by atoms with E-state index in [9.17, 15) is 0 Å². The van der Waals surface area contributed by atoms with Crippen LogP contribution in [0.1, 0.15) is 40.0 Å². The van der Waals surface area contributed by atoms with Crippen molar-refractivity contribution in [3.8, 4) is 0 Å². The van der Waals surface area contributed by atoms with E-state index < -0.39 is 0 Å². The van der Waals surface area contributed by atoms with Gasteiger partial charge in [-0.1, -0.05) is 27.2 Å². The van der Waals surface area contributed by atoms with Crippen LogP contribution in [0.4, 0.5) is 0 Å². The third-order valence-electron chi connectivity index (χ3n) is 3.72. The van der Waals surface area contributed by atoms with Crippen molar-refractivity contribution < 1.29 is 0 Å². The smallest absolute Gasteiger partial charge is 0.0193 e. The summed E-state index contributed by atoms with van der Waals surface area (Å²) in [5.41, 5.74) is 6.15. The number of nitrogens with zero attached hydrogens (tertiary/aromatic N) is 1. The normalized spacial score (nSPS) is 24.9. The maximum Gasteiger partial charge on any atom is 0.0193 e. The number of nitrogens with two attached hydrogens (primary N) is 1. The molecule has 0 aromatic carbocycles. The minimum Gasteiger partial charge on any atom is -0.326 e. The Morgan fingerprint density at radius 3 is 2.43 bits per heavy atom. The maximum absolute atomic E-state index is 6.15. The Labute approximate surface area is 88.8 Å². The molecule has 0 aromatic heterocycles. The Balaban J connectivity index is 2.23. The molecule has 1 heterocycles. The molecule has 0 saturated carbocycles. The molecule has 0 bridgehead atoms. The molecule has 0 aliphatic carbocycles. The van der Waals surface area contributed by atoms with Gasteiger partial charge in [-0.3, -0.25) is 0 Å². The van der Waals surface area contributed by atoms with Gasteiger partial charge in [-0.15, -0.1) is 0 Å². The van der Waals surface area contributed by atoms with Crippen molar-refractivity contribution in [1.82, 2.24) is 4.90 Å². The lowest BCUT2D eigenvalue weighted by molar-refractivity contribution is 0.170. The van der Waals surface area contributed by atoms with E-state index in [1.807, 2.05) is 0 Å².